The molecule has 0 spiro atoms. The van der Waals surface area contributed by atoms with Crippen molar-refractivity contribution >= 4 is 12.0 Å². The summed E-state index contributed by atoms with van der Waals surface area (Å²) in [4.78, 5) is 21.1. The summed E-state index contributed by atoms with van der Waals surface area (Å²) < 4.78 is 4.97. The topological polar surface area (TPSA) is 91.6 Å². The molecule has 1 rings (SSSR count). The third kappa shape index (κ3) is 4.51. The van der Waals surface area contributed by atoms with Gasteiger partial charge in [0.1, 0.15) is 5.76 Å². The molecule has 6 heteroatoms. The molecular formula is C9H10N2O4. The van der Waals surface area contributed by atoms with Crippen molar-refractivity contribution < 1.29 is 19.1 Å². The number of aliphatic carboxylic acids is 1. The van der Waals surface area contributed by atoms with Crippen LogP contribution < -0.4 is 10.6 Å². The number of carboxylic acids is 1. The Kier molecular flexibility index (Phi) is 3.96. The minimum Gasteiger partial charge on any atom is -0.478 e. The summed E-state index contributed by atoms with van der Waals surface area (Å²) >= 11 is 0. The van der Waals surface area contributed by atoms with Gasteiger partial charge in [-0.3, -0.25) is 0 Å². The maximum atomic E-state index is 11.0. The Morgan fingerprint density at radius 1 is 1.53 bits per heavy atom. The van der Waals surface area contributed by atoms with Gasteiger partial charge in [-0.15, -0.1) is 0 Å². The highest BCUT2D eigenvalue weighted by atomic mass is 16.4. The van der Waals surface area contributed by atoms with Crippen molar-refractivity contribution in [2.75, 3.05) is 0 Å². The number of nitrogens with one attached hydrogen (secondary N) is 2. The molecular weight excluding hydrogens is 200 g/mol. The van der Waals surface area contributed by atoms with Crippen LogP contribution >= 0.6 is 0 Å². The molecule has 80 valence electrons. The maximum Gasteiger partial charge on any atom is 0.329 e. The van der Waals surface area contributed by atoms with Gasteiger partial charge < -0.3 is 20.2 Å². The zero-order valence-corrected chi connectivity index (χ0v) is 7.77. The highest BCUT2D eigenvalue weighted by Crippen LogP contribution is 1.97. The Hall–Kier alpha value is -2.24. The van der Waals surface area contributed by atoms with Crippen LogP contribution in [0.4, 0.5) is 4.79 Å². The molecule has 0 aromatic carbocycles. The number of hydrogen-bond acceptors (Lipinski definition) is 3. The van der Waals surface area contributed by atoms with E-state index in [2.05, 4.69) is 10.6 Å². The number of rotatable bonds is 4. The Morgan fingerprint density at radius 2 is 2.33 bits per heavy atom. The van der Waals surface area contributed by atoms with Crippen molar-refractivity contribution in [1.82, 2.24) is 10.6 Å². The van der Waals surface area contributed by atoms with Crippen LogP contribution in [0.25, 0.3) is 0 Å². The van der Waals surface area contributed by atoms with Crippen LogP contribution in [0.3, 0.4) is 0 Å². The molecule has 6 nitrogen and oxygen atoms in total. The highest BCUT2D eigenvalue weighted by molar-refractivity contribution is 5.81. The van der Waals surface area contributed by atoms with Crippen LogP contribution in [-0.4, -0.2) is 17.1 Å². The average molecular weight is 210 g/mol. The Balaban J connectivity index is 2.22. The van der Waals surface area contributed by atoms with Crippen molar-refractivity contribution in [3.05, 3.63) is 36.4 Å². The third-order valence-electron chi connectivity index (χ3n) is 1.44. The monoisotopic (exact) mass is 210 g/mol. The fourth-order valence-corrected chi connectivity index (χ4v) is 0.820. The second-order valence-corrected chi connectivity index (χ2v) is 2.58. The molecule has 0 bridgehead atoms. The van der Waals surface area contributed by atoms with Crippen molar-refractivity contribution in [3.63, 3.8) is 0 Å². The molecule has 1 heterocycles. The normalized spacial score (nSPS) is 10.1. The fourth-order valence-electron chi connectivity index (χ4n) is 0.820. The molecule has 0 aliphatic rings. The molecule has 1 aromatic heterocycles. The summed E-state index contributed by atoms with van der Waals surface area (Å²) in [5.74, 6) is -0.506. The SMILES string of the molecule is O=C(O)/C=C/NC(=O)NCc1ccco1. The van der Waals surface area contributed by atoms with Crippen LogP contribution in [0.1, 0.15) is 5.76 Å². The van der Waals surface area contributed by atoms with Crippen molar-refractivity contribution in [2.24, 2.45) is 0 Å². The molecule has 1 aromatic rings. The summed E-state index contributed by atoms with van der Waals surface area (Å²) in [6, 6.07) is 2.93. The van der Waals surface area contributed by atoms with Gasteiger partial charge in [0.2, 0.25) is 0 Å². The van der Waals surface area contributed by atoms with Crippen molar-refractivity contribution in [3.8, 4) is 0 Å². The van der Waals surface area contributed by atoms with Gasteiger partial charge in [-0.25, -0.2) is 9.59 Å². The number of carboxylic acid groups (broad SMARTS) is 1. The van der Waals surface area contributed by atoms with Gasteiger partial charge in [-0.05, 0) is 12.1 Å². The number of hydrogen-bond donors (Lipinski definition) is 3. The molecule has 0 saturated carbocycles. The molecule has 0 fully saturated rings. The van der Waals surface area contributed by atoms with Crippen LogP contribution in [0.15, 0.2) is 35.1 Å². The molecule has 0 atom stereocenters. The second kappa shape index (κ2) is 5.48. The lowest BCUT2D eigenvalue weighted by Gasteiger charge is -2.01. The van der Waals surface area contributed by atoms with Gasteiger partial charge in [-0.2, -0.15) is 0 Å². The van der Waals surface area contributed by atoms with Gasteiger partial charge in [-0.1, -0.05) is 0 Å². The average Bonchev–Trinajstić information content (AvgIpc) is 2.66. The highest BCUT2D eigenvalue weighted by Gasteiger charge is 1.99. The first-order valence-electron chi connectivity index (χ1n) is 4.14. The van der Waals surface area contributed by atoms with Crippen molar-refractivity contribution in [2.45, 2.75) is 6.54 Å². The Labute approximate surface area is 85.6 Å². The zero-order valence-electron chi connectivity index (χ0n) is 7.77. The van der Waals surface area contributed by atoms with E-state index in [-0.39, 0.29) is 6.54 Å². The molecule has 0 saturated heterocycles. The molecule has 3 N–H and O–H groups in total. The van der Waals surface area contributed by atoms with E-state index in [0.717, 1.165) is 12.3 Å². The van der Waals surface area contributed by atoms with E-state index in [1.165, 1.54) is 6.26 Å². The van der Waals surface area contributed by atoms with E-state index in [0.29, 0.717) is 5.76 Å². The summed E-state index contributed by atoms with van der Waals surface area (Å²) in [6.45, 7) is 0.250. The maximum absolute atomic E-state index is 11.0. The standard InChI is InChI=1S/C9H10N2O4/c12-8(13)3-4-10-9(14)11-6-7-2-1-5-15-7/h1-5H,6H2,(H,12,13)(H2,10,11,14)/b4-3+. The molecule has 0 aliphatic heterocycles. The lowest BCUT2D eigenvalue weighted by Crippen LogP contribution is -2.31. The summed E-state index contributed by atoms with van der Waals surface area (Å²) in [7, 11) is 0. The predicted molar refractivity (Wildman–Crippen MR) is 50.9 cm³/mol. The van der Waals surface area contributed by atoms with E-state index >= 15 is 0 Å². The minimum atomic E-state index is -1.12. The van der Waals surface area contributed by atoms with E-state index in [9.17, 15) is 9.59 Å². The van der Waals surface area contributed by atoms with Crippen LogP contribution in [0.5, 0.6) is 0 Å². The van der Waals surface area contributed by atoms with E-state index in [1.54, 1.807) is 12.1 Å². The largest absolute Gasteiger partial charge is 0.478 e. The van der Waals surface area contributed by atoms with Gasteiger partial charge in [0.05, 0.1) is 12.8 Å². The van der Waals surface area contributed by atoms with E-state index in [1.807, 2.05) is 0 Å². The lowest BCUT2D eigenvalue weighted by molar-refractivity contribution is -0.131. The number of carbonyl (C=O) groups excluding carboxylic acids is 1. The Bertz CT molecular complexity index is 356. The number of urea groups is 1. The van der Waals surface area contributed by atoms with Gasteiger partial charge in [0.25, 0.3) is 0 Å². The minimum absolute atomic E-state index is 0.250. The zero-order chi connectivity index (χ0) is 11.1. The van der Waals surface area contributed by atoms with Gasteiger partial charge in [0.15, 0.2) is 0 Å². The lowest BCUT2D eigenvalue weighted by atomic mass is 10.4. The number of amides is 2. The van der Waals surface area contributed by atoms with E-state index < -0.39 is 12.0 Å². The first-order chi connectivity index (χ1) is 7.18. The summed E-state index contributed by atoms with van der Waals surface area (Å²) in [6.07, 6.45) is 3.37. The third-order valence-corrected chi connectivity index (χ3v) is 1.44. The van der Waals surface area contributed by atoms with Crippen LogP contribution in [0, 0.1) is 0 Å². The molecule has 0 unspecified atom stereocenters. The first kappa shape index (κ1) is 10.8. The van der Waals surface area contributed by atoms with Crippen LogP contribution in [-0.2, 0) is 11.3 Å². The van der Waals surface area contributed by atoms with Crippen LogP contribution in [0.2, 0.25) is 0 Å². The molecule has 2 amide bonds. The van der Waals surface area contributed by atoms with Crippen molar-refractivity contribution in [1.29, 1.82) is 0 Å². The smallest absolute Gasteiger partial charge is 0.329 e. The number of carbonyl (C=O) groups is 2. The predicted octanol–water partition coefficient (Wildman–Crippen LogP) is 0.677. The Morgan fingerprint density at radius 3 is 2.93 bits per heavy atom. The first-order valence-corrected chi connectivity index (χ1v) is 4.14. The quantitative estimate of drug-likeness (QED) is 0.637. The molecule has 15 heavy (non-hydrogen) atoms. The number of furan rings is 1. The second-order valence-electron chi connectivity index (χ2n) is 2.58. The van der Waals surface area contributed by atoms with E-state index in [4.69, 9.17) is 9.52 Å². The molecule has 0 aliphatic carbocycles. The summed E-state index contributed by atoms with van der Waals surface area (Å²) in [5.41, 5.74) is 0. The summed E-state index contributed by atoms with van der Waals surface area (Å²) in [5, 5.41) is 12.9. The fraction of sp³-hybridized carbons (Fsp3) is 0.111. The van der Waals surface area contributed by atoms with Gasteiger partial charge in [0, 0.05) is 12.3 Å². The van der Waals surface area contributed by atoms with Gasteiger partial charge >= 0.3 is 12.0 Å². The molecule has 0 radical (unpaired) electrons.